The predicted molar refractivity (Wildman–Crippen MR) is 165 cm³/mol. The number of aryl methyl sites for hydroxylation is 2. The van der Waals surface area contributed by atoms with Gasteiger partial charge < -0.3 is 30.4 Å². The molecule has 0 aliphatic carbocycles. The van der Waals surface area contributed by atoms with E-state index in [-0.39, 0.29) is 0 Å². The zero-order valence-electron chi connectivity index (χ0n) is 26.0. The van der Waals surface area contributed by atoms with Gasteiger partial charge >= 0.3 is 12.4 Å². The van der Waals surface area contributed by atoms with E-state index in [4.69, 9.17) is 19.8 Å². The molecule has 0 amide bonds. The largest absolute Gasteiger partial charge is 0.542 e. The number of benzene rings is 3. The van der Waals surface area contributed by atoms with Gasteiger partial charge in [-0.1, -0.05) is 48.5 Å². The summed E-state index contributed by atoms with van der Waals surface area (Å²) in [5.41, 5.74) is 7.54. The first-order valence-corrected chi connectivity index (χ1v) is 15.2. The third-order valence-corrected chi connectivity index (χ3v) is 7.57. The lowest BCUT2D eigenvalue weighted by Crippen LogP contribution is -2.37. The highest BCUT2D eigenvalue weighted by atomic mass is 19.4. The van der Waals surface area contributed by atoms with E-state index in [1.54, 1.807) is 0 Å². The Kier molecular flexibility index (Phi) is 12.0. The standard InChI is InChI=1S/C31H30N4.2C2HF3O2/c1-6-17-34-19-15-28(26-11-2-4-13-30(26)34)32-22-24-9-8-10-25(21-24)23-33-29-16-20-35(18-7-1)31-14-5-3-12-27(29)31;2*3-2(4,5)1(6)7/h2-5,8-16,19-21H,1,6-7,17-18,22-23H2;2*(H,6,7). The number of fused-ring (bicyclic) bond motifs is 8. The summed E-state index contributed by atoms with van der Waals surface area (Å²) in [6.45, 7) is 3.68. The average molecular weight is 687 g/mol. The van der Waals surface area contributed by atoms with Crippen molar-refractivity contribution in [3.05, 3.63) is 108 Å². The Morgan fingerprint density at radius 1 is 0.571 bits per heavy atom. The molecule has 2 aliphatic rings. The molecule has 3 aromatic carbocycles. The molecule has 0 fully saturated rings. The van der Waals surface area contributed by atoms with Crippen molar-refractivity contribution in [3.8, 4) is 0 Å². The smallest absolute Gasteiger partial charge is 0.430 e. The number of carbonyl (C=O) groups excluding carboxylic acids is 2. The summed E-state index contributed by atoms with van der Waals surface area (Å²) in [4.78, 5) is 17.6. The summed E-state index contributed by atoms with van der Waals surface area (Å²) in [6, 6.07) is 30.8. The molecule has 6 bridgehead atoms. The van der Waals surface area contributed by atoms with Crippen molar-refractivity contribution in [2.24, 2.45) is 0 Å². The van der Waals surface area contributed by atoms with Gasteiger partial charge in [-0.15, -0.1) is 0 Å². The molecule has 2 N–H and O–H groups in total. The van der Waals surface area contributed by atoms with Gasteiger partial charge in [0.15, 0.2) is 12.4 Å². The van der Waals surface area contributed by atoms with Gasteiger partial charge in [0.25, 0.3) is 0 Å². The number of para-hydroxylation sites is 2. The maximum Gasteiger partial charge on any atom is 0.430 e. The number of hydrogen-bond acceptors (Lipinski definition) is 6. The van der Waals surface area contributed by atoms with Crippen LogP contribution in [-0.2, 0) is 35.8 Å². The summed E-state index contributed by atoms with van der Waals surface area (Å²) < 4.78 is 67.9. The van der Waals surface area contributed by atoms with E-state index >= 15 is 0 Å². The second-order valence-corrected chi connectivity index (χ2v) is 11.0. The molecule has 258 valence electrons. The number of rotatable bonds is 0. The molecule has 0 radical (unpaired) electrons. The van der Waals surface area contributed by atoms with Crippen LogP contribution in [0.3, 0.4) is 0 Å². The third-order valence-electron chi connectivity index (χ3n) is 7.57. The minimum absolute atomic E-state index is 0.802. The molecule has 2 aliphatic heterocycles. The van der Waals surface area contributed by atoms with Gasteiger partial charge in [-0.25, -0.2) is 0 Å². The number of carboxylic acids is 2. The second-order valence-electron chi connectivity index (χ2n) is 11.0. The molecular weight excluding hydrogens is 654 g/mol. The van der Waals surface area contributed by atoms with Gasteiger partial charge in [-0.2, -0.15) is 35.5 Å². The van der Waals surface area contributed by atoms with Crippen LogP contribution in [0.2, 0.25) is 0 Å². The van der Waals surface area contributed by atoms with Crippen molar-refractivity contribution in [3.63, 3.8) is 0 Å². The first kappa shape index (κ1) is 36.4. The topological polar surface area (TPSA) is 112 Å². The quantitative estimate of drug-likeness (QED) is 0.183. The molecule has 0 saturated carbocycles. The molecule has 49 heavy (non-hydrogen) atoms. The lowest BCUT2D eigenvalue weighted by atomic mass is 10.1. The summed E-state index contributed by atoms with van der Waals surface area (Å²) >= 11 is 0. The van der Waals surface area contributed by atoms with Gasteiger partial charge in [-0.3, -0.25) is 0 Å². The van der Waals surface area contributed by atoms with Gasteiger partial charge in [-0.05, 0) is 29.7 Å². The van der Waals surface area contributed by atoms with E-state index in [9.17, 15) is 26.3 Å². The molecule has 4 heterocycles. The molecule has 0 unspecified atom stereocenters. The fourth-order valence-corrected chi connectivity index (χ4v) is 5.26. The minimum atomic E-state index is -5.19. The number of aliphatic carboxylic acids is 2. The van der Waals surface area contributed by atoms with Crippen molar-refractivity contribution in [2.75, 3.05) is 10.6 Å². The Morgan fingerprint density at radius 3 is 1.35 bits per heavy atom. The Bertz CT molecular complexity index is 1780. The fraction of sp³-hybridized carbons (Fsp3) is 0.257. The Hall–Kier alpha value is -5.40. The average Bonchev–Trinajstić information content (AvgIpc) is 3.06. The van der Waals surface area contributed by atoms with E-state index in [0.717, 1.165) is 26.2 Å². The summed E-state index contributed by atoms with van der Waals surface area (Å²) in [7, 11) is 0. The molecule has 0 saturated heterocycles. The number of anilines is 2. The molecule has 8 nitrogen and oxygen atoms in total. The predicted octanol–water partition coefficient (Wildman–Crippen LogP) is 4.57. The number of pyridine rings is 2. The van der Waals surface area contributed by atoms with Crippen LogP contribution in [-0.4, -0.2) is 24.3 Å². The van der Waals surface area contributed by atoms with Gasteiger partial charge in [0.1, 0.15) is 25.0 Å². The van der Waals surface area contributed by atoms with E-state index in [1.807, 2.05) is 0 Å². The van der Waals surface area contributed by atoms with Crippen LogP contribution < -0.4 is 30.0 Å². The highest BCUT2D eigenvalue weighted by molar-refractivity contribution is 5.89. The van der Waals surface area contributed by atoms with E-state index < -0.39 is 24.3 Å². The molecule has 0 spiro atoms. The summed E-state index contributed by atoms with van der Waals surface area (Å²) in [5, 5.41) is 27.5. The maximum atomic E-state index is 10.5. The van der Waals surface area contributed by atoms with Crippen molar-refractivity contribution in [1.82, 2.24) is 0 Å². The van der Waals surface area contributed by atoms with Gasteiger partial charge in [0, 0.05) is 50.2 Å². The second kappa shape index (κ2) is 16.1. The molecule has 0 atom stereocenters. The lowest BCUT2D eigenvalue weighted by Gasteiger charge is -2.13. The zero-order chi connectivity index (χ0) is 35.6. The highest BCUT2D eigenvalue weighted by Crippen LogP contribution is 2.23. The van der Waals surface area contributed by atoms with Crippen molar-refractivity contribution in [2.45, 2.75) is 57.8 Å². The molecular formula is C35H32F6N4O4. The Labute approximate surface area is 277 Å². The van der Waals surface area contributed by atoms with Crippen molar-refractivity contribution < 1.29 is 55.3 Å². The number of aromatic nitrogens is 2. The van der Waals surface area contributed by atoms with E-state index in [2.05, 4.69) is 117 Å². The SMILES string of the molecule is O=C([O-])C(F)(F)F.O=C([O-])C(F)(F)F.c1cc2cc(c1)CNc1cc[n+](c3ccccc13)CCCCC[n+]1ccc(c3ccccc31)NC2. The number of nitrogens with one attached hydrogen (secondary N) is 2. The van der Waals surface area contributed by atoms with E-state index in [1.165, 1.54) is 63.6 Å². The van der Waals surface area contributed by atoms with Gasteiger partial charge in [0.05, 0.1) is 22.1 Å². The number of hydrogen-bond donors (Lipinski definition) is 2. The fourth-order valence-electron chi connectivity index (χ4n) is 5.26. The number of carboxylic acid groups (broad SMARTS) is 2. The Morgan fingerprint density at radius 2 is 0.959 bits per heavy atom. The number of alkyl halides is 6. The monoisotopic (exact) mass is 686 g/mol. The van der Waals surface area contributed by atoms with Crippen LogP contribution in [0.5, 0.6) is 0 Å². The van der Waals surface area contributed by atoms with Crippen LogP contribution in [0.15, 0.2) is 97.3 Å². The number of nitrogens with zero attached hydrogens (tertiary/aromatic N) is 2. The number of carbonyl (C=O) groups is 2. The van der Waals surface area contributed by atoms with Crippen molar-refractivity contribution in [1.29, 1.82) is 0 Å². The highest BCUT2D eigenvalue weighted by Gasteiger charge is 2.29. The third kappa shape index (κ3) is 10.3. The van der Waals surface area contributed by atoms with Crippen LogP contribution in [0.1, 0.15) is 30.4 Å². The summed E-state index contributed by atoms with van der Waals surface area (Å²) in [5.74, 6) is -6.01. The minimum Gasteiger partial charge on any atom is -0.542 e. The van der Waals surface area contributed by atoms with Crippen LogP contribution >= 0.6 is 0 Å². The first-order valence-electron chi connectivity index (χ1n) is 15.2. The molecule has 2 aromatic heterocycles. The van der Waals surface area contributed by atoms with Crippen LogP contribution in [0, 0.1) is 0 Å². The van der Waals surface area contributed by atoms with E-state index in [0.29, 0.717) is 0 Å². The number of halogens is 6. The normalized spacial score (nSPS) is 13.6. The van der Waals surface area contributed by atoms with Crippen LogP contribution in [0.25, 0.3) is 21.8 Å². The zero-order valence-corrected chi connectivity index (χ0v) is 26.0. The van der Waals surface area contributed by atoms with Gasteiger partial charge in [0.2, 0.25) is 11.0 Å². The van der Waals surface area contributed by atoms with Crippen molar-refractivity contribution >= 4 is 45.1 Å². The first-order chi connectivity index (χ1) is 23.2. The molecule has 14 heteroatoms. The lowest BCUT2D eigenvalue weighted by molar-refractivity contribution is -0.675. The van der Waals surface area contributed by atoms with Crippen LogP contribution in [0.4, 0.5) is 37.7 Å². The molecule has 5 aromatic rings. The Balaban J connectivity index is 0.000000327. The molecule has 7 rings (SSSR count). The maximum absolute atomic E-state index is 10.5. The summed E-state index contributed by atoms with van der Waals surface area (Å²) in [6.07, 6.45) is -2.36.